The van der Waals surface area contributed by atoms with Crippen molar-refractivity contribution in [2.75, 3.05) is 16.8 Å². The van der Waals surface area contributed by atoms with Crippen LogP contribution in [0.5, 0.6) is 5.75 Å². The number of benzene rings is 3. The van der Waals surface area contributed by atoms with Crippen LogP contribution in [0.25, 0.3) is 0 Å². The van der Waals surface area contributed by atoms with Crippen molar-refractivity contribution >= 4 is 23.2 Å². The van der Waals surface area contributed by atoms with E-state index >= 15 is 0 Å². The minimum atomic E-state index is -0.201. The lowest BCUT2D eigenvalue weighted by Gasteiger charge is -2.16. The summed E-state index contributed by atoms with van der Waals surface area (Å²) in [4.78, 5) is 27.0. The van der Waals surface area contributed by atoms with Crippen molar-refractivity contribution < 1.29 is 14.3 Å². The molecule has 0 atom stereocenters. The van der Waals surface area contributed by atoms with E-state index in [1.54, 1.807) is 17.0 Å². The van der Waals surface area contributed by atoms with Gasteiger partial charge in [0.2, 0.25) is 0 Å². The molecule has 1 N–H and O–H groups in total. The SMILES string of the molecule is CCCCOc1cccc(C(=O)Nc2ccc(N3Cc4ccccc4C3=O)cc2)c1. The summed E-state index contributed by atoms with van der Waals surface area (Å²) >= 11 is 0. The first-order valence-corrected chi connectivity index (χ1v) is 10.2. The average Bonchev–Trinajstić information content (AvgIpc) is 3.11. The third-order valence-corrected chi connectivity index (χ3v) is 5.12. The van der Waals surface area contributed by atoms with E-state index in [0.29, 0.717) is 30.2 Å². The number of fused-ring (bicyclic) bond motifs is 1. The lowest BCUT2D eigenvalue weighted by molar-refractivity contribution is 0.0994. The van der Waals surface area contributed by atoms with E-state index in [1.165, 1.54) is 0 Å². The molecule has 0 saturated heterocycles. The lowest BCUT2D eigenvalue weighted by atomic mass is 10.1. The number of unbranched alkanes of at least 4 members (excludes halogenated alkanes) is 1. The zero-order valence-corrected chi connectivity index (χ0v) is 16.9. The largest absolute Gasteiger partial charge is 0.494 e. The number of nitrogens with zero attached hydrogens (tertiary/aromatic N) is 1. The second-order valence-corrected chi connectivity index (χ2v) is 7.28. The fourth-order valence-electron chi connectivity index (χ4n) is 3.45. The highest BCUT2D eigenvalue weighted by Crippen LogP contribution is 2.29. The van der Waals surface area contributed by atoms with Gasteiger partial charge >= 0.3 is 0 Å². The Bertz CT molecular complexity index is 1060. The number of amides is 2. The van der Waals surface area contributed by atoms with Gasteiger partial charge in [0.25, 0.3) is 11.8 Å². The Balaban J connectivity index is 1.41. The highest BCUT2D eigenvalue weighted by atomic mass is 16.5. The van der Waals surface area contributed by atoms with Crippen molar-refractivity contribution in [3.63, 3.8) is 0 Å². The number of nitrogens with one attached hydrogen (secondary N) is 1. The van der Waals surface area contributed by atoms with Crippen LogP contribution in [0.4, 0.5) is 11.4 Å². The maximum absolute atomic E-state index is 12.6. The third kappa shape index (κ3) is 4.20. The van der Waals surface area contributed by atoms with Crippen molar-refractivity contribution in [1.82, 2.24) is 0 Å². The quantitative estimate of drug-likeness (QED) is 0.549. The maximum atomic E-state index is 12.6. The summed E-state index contributed by atoms with van der Waals surface area (Å²) in [5.41, 5.74) is 3.79. The van der Waals surface area contributed by atoms with Gasteiger partial charge in [-0.15, -0.1) is 0 Å². The number of hydrogen-bond donors (Lipinski definition) is 1. The van der Waals surface area contributed by atoms with E-state index < -0.39 is 0 Å². The molecule has 0 fully saturated rings. The van der Waals surface area contributed by atoms with Gasteiger partial charge in [-0.3, -0.25) is 9.59 Å². The molecule has 5 nitrogen and oxygen atoms in total. The smallest absolute Gasteiger partial charge is 0.258 e. The van der Waals surface area contributed by atoms with Gasteiger partial charge in [-0.1, -0.05) is 37.6 Å². The number of ether oxygens (including phenoxy) is 1. The second-order valence-electron chi connectivity index (χ2n) is 7.28. The van der Waals surface area contributed by atoms with Crippen molar-refractivity contribution in [3.05, 3.63) is 89.5 Å². The highest BCUT2D eigenvalue weighted by Gasteiger charge is 2.27. The molecule has 3 aromatic rings. The molecule has 2 amide bonds. The van der Waals surface area contributed by atoms with Gasteiger partial charge in [-0.25, -0.2) is 0 Å². The fourth-order valence-corrected chi connectivity index (χ4v) is 3.45. The molecule has 5 heteroatoms. The third-order valence-electron chi connectivity index (χ3n) is 5.12. The summed E-state index contributed by atoms with van der Waals surface area (Å²) in [6, 6.07) is 22.1. The zero-order chi connectivity index (χ0) is 20.9. The first kappa shape index (κ1) is 19.7. The molecule has 1 heterocycles. The Kier molecular flexibility index (Phi) is 5.80. The summed E-state index contributed by atoms with van der Waals surface area (Å²) in [7, 11) is 0. The van der Waals surface area contributed by atoms with Crippen molar-refractivity contribution in [2.24, 2.45) is 0 Å². The normalized spacial score (nSPS) is 12.6. The molecule has 152 valence electrons. The molecule has 0 radical (unpaired) electrons. The molecule has 0 aromatic heterocycles. The predicted octanol–water partition coefficient (Wildman–Crippen LogP) is 5.28. The summed E-state index contributed by atoms with van der Waals surface area (Å²) < 4.78 is 5.68. The van der Waals surface area contributed by atoms with E-state index in [1.807, 2.05) is 60.7 Å². The van der Waals surface area contributed by atoms with E-state index in [4.69, 9.17) is 4.74 Å². The second kappa shape index (κ2) is 8.82. The van der Waals surface area contributed by atoms with Crippen LogP contribution in [0.1, 0.15) is 46.0 Å². The number of hydrogen-bond acceptors (Lipinski definition) is 3. The highest BCUT2D eigenvalue weighted by molar-refractivity contribution is 6.10. The van der Waals surface area contributed by atoms with E-state index in [0.717, 1.165) is 29.7 Å². The van der Waals surface area contributed by atoms with Gasteiger partial charge in [-0.2, -0.15) is 0 Å². The van der Waals surface area contributed by atoms with Gasteiger partial charge in [0.15, 0.2) is 0 Å². The lowest BCUT2D eigenvalue weighted by Crippen LogP contribution is -2.22. The minimum Gasteiger partial charge on any atom is -0.494 e. The first-order chi connectivity index (χ1) is 14.7. The van der Waals surface area contributed by atoms with E-state index in [9.17, 15) is 9.59 Å². The Hall–Kier alpha value is -3.60. The monoisotopic (exact) mass is 400 g/mol. The molecule has 3 aromatic carbocycles. The predicted molar refractivity (Wildman–Crippen MR) is 118 cm³/mol. The van der Waals surface area contributed by atoms with Gasteiger partial charge in [0.1, 0.15) is 5.75 Å². The molecule has 4 rings (SSSR count). The summed E-state index contributed by atoms with van der Waals surface area (Å²) in [6.07, 6.45) is 2.04. The van der Waals surface area contributed by atoms with Crippen LogP contribution in [0.3, 0.4) is 0 Å². The number of carbonyl (C=O) groups is 2. The molecule has 0 aliphatic carbocycles. The molecule has 1 aliphatic heterocycles. The topological polar surface area (TPSA) is 58.6 Å². The minimum absolute atomic E-state index is 0.00211. The number of carbonyl (C=O) groups excluding carboxylic acids is 2. The van der Waals surface area contributed by atoms with Gasteiger partial charge < -0.3 is 15.0 Å². The van der Waals surface area contributed by atoms with Crippen molar-refractivity contribution in [1.29, 1.82) is 0 Å². The zero-order valence-electron chi connectivity index (χ0n) is 16.9. The Morgan fingerprint density at radius 3 is 2.60 bits per heavy atom. The molecule has 1 aliphatic rings. The summed E-state index contributed by atoms with van der Waals surface area (Å²) in [5.74, 6) is 0.495. The van der Waals surface area contributed by atoms with Crippen LogP contribution >= 0.6 is 0 Å². The van der Waals surface area contributed by atoms with Crippen LogP contribution in [0.15, 0.2) is 72.8 Å². The van der Waals surface area contributed by atoms with Gasteiger partial charge in [0, 0.05) is 22.5 Å². The summed E-state index contributed by atoms with van der Waals surface area (Å²) in [5, 5.41) is 2.90. The van der Waals surface area contributed by atoms with Crippen molar-refractivity contribution in [3.8, 4) is 5.75 Å². The summed E-state index contributed by atoms with van der Waals surface area (Å²) in [6.45, 7) is 3.31. The molecule has 0 saturated carbocycles. The van der Waals surface area contributed by atoms with E-state index in [2.05, 4.69) is 12.2 Å². The molecule has 0 unspecified atom stereocenters. The van der Waals surface area contributed by atoms with Gasteiger partial charge in [-0.05, 0) is 60.5 Å². The van der Waals surface area contributed by atoms with Crippen LogP contribution in [-0.2, 0) is 6.54 Å². The number of anilines is 2. The Labute approximate surface area is 176 Å². The van der Waals surface area contributed by atoms with Crippen molar-refractivity contribution in [2.45, 2.75) is 26.3 Å². The standard InChI is InChI=1S/C25H24N2O3/c1-2-3-15-30-22-9-6-8-18(16-22)24(28)26-20-11-13-21(14-12-20)27-17-19-7-4-5-10-23(19)25(27)29/h4-14,16H,2-3,15,17H2,1H3,(H,26,28). The molecule has 0 bridgehead atoms. The molecule has 0 spiro atoms. The molecular weight excluding hydrogens is 376 g/mol. The first-order valence-electron chi connectivity index (χ1n) is 10.2. The fraction of sp³-hybridized carbons (Fsp3) is 0.200. The van der Waals surface area contributed by atoms with Crippen LogP contribution in [0.2, 0.25) is 0 Å². The van der Waals surface area contributed by atoms with Gasteiger partial charge in [0.05, 0.1) is 13.2 Å². The van der Waals surface area contributed by atoms with Crippen LogP contribution in [-0.4, -0.2) is 18.4 Å². The van der Waals surface area contributed by atoms with Crippen LogP contribution < -0.4 is 15.0 Å². The number of rotatable bonds is 7. The Morgan fingerprint density at radius 2 is 1.83 bits per heavy atom. The molecular formula is C25H24N2O3. The maximum Gasteiger partial charge on any atom is 0.258 e. The Morgan fingerprint density at radius 1 is 1.03 bits per heavy atom. The average molecular weight is 400 g/mol. The van der Waals surface area contributed by atoms with E-state index in [-0.39, 0.29) is 11.8 Å². The van der Waals surface area contributed by atoms with Crippen LogP contribution in [0, 0.1) is 0 Å². The molecule has 30 heavy (non-hydrogen) atoms.